The summed E-state index contributed by atoms with van der Waals surface area (Å²) in [4.78, 5) is 0. The Bertz CT molecular complexity index is 353. The lowest BCUT2D eigenvalue weighted by Crippen LogP contribution is -2.04. The fourth-order valence-corrected chi connectivity index (χ4v) is 3.33. The van der Waals surface area contributed by atoms with Crippen LogP contribution in [0.5, 0.6) is 0 Å². The van der Waals surface area contributed by atoms with Crippen LogP contribution >= 0.6 is 0 Å². The van der Waals surface area contributed by atoms with Gasteiger partial charge in [0.1, 0.15) is 0 Å². The normalized spacial score (nSPS) is 11.5. The summed E-state index contributed by atoms with van der Waals surface area (Å²) in [6, 6.07) is 0. The van der Waals surface area contributed by atoms with Crippen molar-refractivity contribution in [2.75, 3.05) is 39.6 Å². The van der Waals surface area contributed by atoms with E-state index < -0.39 is 0 Å². The monoisotopic (exact) mass is 531 g/mol. The van der Waals surface area contributed by atoms with E-state index in [1.165, 1.54) is 64.2 Å². The molecule has 0 atom stereocenters. The number of hydrogen-bond acceptors (Lipinski definition) is 3. The summed E-state index contributed by atoms with van der Waals surface area (Å²) in [6.07, 6.45) is 12.9. The van der Waals surface area contributed by atoms with E-state index in [2.05, 4.69) is 83.1 Å². The number of ether oxygens (including phenoxy) is 3. The molecule has 0 aliphatic rings. The fourth-order valence-electron chi connectivity index (χ4n) is 3.33. The molecule has 0 heterocycles. The van der Waals surface area contributed by atoms with Crippen LogP contribution < -0.4 is 0 Å². The first-order valence-corrected chi connectivity index (χ1v) is 16.1. The minimum atomic E-state index is 0.673. The molecule has 37 heavy (non-hydrogen) atoms. The lowest BCUT2D eigenvalue weighted by Gasteiger charge is -2.07. The average Bonchev–Trinajstić information content (AvgIpc) is 2.78. The Morgan fingerprint density at radius 2 is 0.595 bits per heavy atom. The maximum atomic E-state index is 5.60. The van der Waals surface area contributed by atoms with Crippen LogP contribution in [-0.4, -0.2) is 39.6 Å². The van der Waals surface area contributed by atoms with Crippen molar-refractivity contribution in [1.29, 1.82) is 0 Å². The van der Waals surface area contributed by atoms with E-state index in [0.29, 0.717) is 11.8 Å². The molecule has 0 spiro atoms. The smallest absolute Gasteiger partial charge is 0.0488 e. The zero-order chi connectivity index (χ0) is 28.9. The maximum Gasteiger partial charge on any atom is 0.0488 e. The van der Waals surface area contributed by atoms with Gasteiger partial charge < -0.3 is 14.2 Å². The third-order valence-corrected chi connectivity index (χ3v) is 5.70. The van der Waals surface area contributed by atoms with E-state index in [1.807, 2.05) is 0 Å². The minimum Gasteiger partial charge on any atom is -0.381 e. The summed E-state index contributed by atoms with van der Waals surface area (Å²) in [5, 5.41) is 0. The Labute approximate surface area is 236 Å². The van der Waals surface area contributed by atoms with Crippen molar-refractivity contribution < 1.29 is 14.2 Å². The summed E-state index contributed by atoms with van der Waals surface area (Å²) >= 11 is 0. The lowest BCUT2D eigenvalue weighted by molar-refractivity contribution is 0.101. The average molecular weight is 531 g/mol. The molecule has 3 heteroatoms. The van der Waals surface area contributed by atoms with Gasteiger partial charge in [-0.05, 0) is 61.2 Å². The van der Waals surface area contributed by atoms with Crippen molar-refractivity contribution in [3.8, 4) is 0 Å². The van der Waals surface area contributed by atoms with E-state index in [9.17, 15) is 0 Å². The Hall–Kier alpha value is -0.120. The topological polar surface area (TPSA) is 27.7 Å². The highest BCUT2D eigenvalue weighted by Crippen LogP contribution is 2.08. The Morgan fingerprint density at radius 3 is 0.892 bits per heavy atom. The molecule has 0 aliphatic carbocycles. The zero-order valence-electron chi connectivity index (χ0n) is 28.0. The summed E-state index contributed by atoms with van der Waals surface area (Å²) in [6.45, 7) is 32.5. The highest BCUT2D eigenvalue weighted by Gasteiger charge is 1.98. The molecule has 0 aromatic carbocycles. The number of unbranched alkanes of at least 4 members (excludes halogenated alkanes) is 3. The van der Waals surface area contributed by atoms with Gasteiger partial charge in [0.05, 0.1) is 0 Å². The molecule has 0 rings (SSSR count). The van der Waals surface area contributed by atoms with Gasteiger partial charge in [0.2, 0.25) is 0 Å². The first-order chi connectivity index (χ1) is 17.4. The zero-order valence-corrected chi connectivity index (χ0v) is 28.0. The van der Waals surface area contributed by atoms with Gasteiger partial charge in [-0.25, -0.2) is 0 Å². The molecule has 0 N–H and O–H groups in total. The van der Waals surface area contributed by atoms with Crippen LogP contribution in [0.15, 0.2) is 0 Å². The maximum absolute atomic E-state index is 5.60. The van der Waals surface area contributed by atoms with Crippen LogP contribution in [-0.2, 0) is 14.2 Å². The van der Waals surface area contributed by atoms with E-state index in [0.717, 1.165) is 63.3 Å². The summed E-state index contributed by atoms with van der Waals surface area (Å²) in [5.41, 5.74) is 0. The second kappa shape index (κ2) is 32.1. The third-order valence-electron chi connectivity index (χ3n) is 5.70. The highest BCUT2D eigenvalue weighted by atomic mass is 16.5. The molecule has 228 valence electrons. The quantitative estimate of drug-likeness (QED) is 0.130. The first kappa shape index (κ1) is 41.4. The highest BCUT2D eigenvalue weighted by molar-refractivity contribution is 4.49. The molecular formula is C34H74O3. The Kier molecular flexibility index (Phi) is 35.9. The van der Waals surface area contributed by atoms with E-state index >= 15 is 0 Å². The molecule has 0 unspecified atom stereocenters. The van der Waals surface area contributed by atoms with Crippen molar-refractivity contribution in [3.63, 3.8) is 0 Å². The van der Waals surface area contributed by atoms with Gasteiger partial charge in [0.25, 0.3) is 0 Å². The van der Waals surface area contributed by atoms with Crippen molar-refractivity contribution in [3.05, 3.63) is 0 Å². The van der Waals surface area contributed by atoms with Crippen LogP contribution in [0.1, 0.15) is 147 Å². The number of hydrogen-bond donors (Lipinski definition) is 0. The minimum absolute atomic E-state index is 0.673. The molecule has 0 aromatic rings. The van der Waals surface area contributed by atoms with Crippen LogP contribution in [0.25, 0.3) is 0 Å². The van der Waals surface area contributed by atoms with E-state index in [1.54, 1.807) is 0 Å². The fraction of sp³-hybridized carbons (Fsp3) is 1.00. The molecule has 3 nitrogen and oxygen atoms in total. The first-order valence-electron chi connectivity index (χ1n) is 16.1. The van der Waals surface area contributed by atoms with Crippen LogP contribution in [0, 0.1) is 35.5 Å². The van der Waals surface area contributed by atoms with E-state index in [4.69, 9.17) is 14.2 Å². The van der Waals surface area contributed by atoms with Crippen LogP contribution in [0.4, 0.5) is 0 Å². The van der Waals surface area contributed by atoms with Crippen LogP contribution in [0.3, 0.4) is 0 Å². The Morgan fingerprint density at radius 1 is 0.297 bits per heavy atom. The summed E-state index contributed by atoms with van der Waals surface area (Å²) in [7, 11) is 0. The van der Waals surface area contributed by atoms with Crippen LogP contribution in [0.2, 0.25) is 0 Å². The summed E-state index contributed by atoms with van der Waals surface area (Å²) in [5.74, 6) is 4.65. The second-order valence-corrected chi connectivity index (χ2v) is 13.4. The molecule has 0 aliphatic heterocycles. The van der Waals surface area contributed by atoms with Crippen molar-refractivity contribution in [2.45, 2.75) is 147 Å². The van der Waals surface area contributed by atoms with Gasteiger partial charge in [-0.2, -0.15) is 0 Å². The van der Waals surface area contributed by atoms with E-state index in [-0.39, 0.29) is 0 Å². The van der Waals surface area contributed by atoms with Gasteiger partial charge >= 0.3 is 0 Å². The van der Waals surface area contributed by atoms with Gasteiger partial charge in [0.15, 0.2) is 0 Å². The van der Waals surface area contributed by atoms with Crippen molar-refractivity contribution in [1.82, 2.24) is 0 Å². The molecule has 0 fully saturated rings. The molecular weight excluding hydrogens is 456 g/mol. The predicted octanol–water partition coefficient (Wildman–Crippen LogP) is 10.8. The largest absolute Gasteiger partial charge is 0.381 e. The number of rotatable bonds is 22. The molecule has 0 bridgehead atoms. The SMILES string of the molecule is CC(C)CCCCOCC(C)C.CC(C)CCCCOCCCCC(C)C.CC(C)CCOCC(C)C. The molecule has 0 saturated heterocycles. The standard InChI is InChI=1S/C14H30O.C11H24O.C9H20O/c1-13(2)9-5-7-11-15-12-8-6-10-14(3)4;1-10(2)7-5-6-8-12-9-11(3)4;1-8(2)5-6-10-7-9(3)4/h13-14H,5-12H2,1-4H3;10-11H,5-9H2,1-4H3;8-9H,5-7H2,1-4H3. The Balaban J connectivity index is -0.000000479. The molecule has 0 aromatic heterocycles. The van der Waals surface area contributed by atoms with Crippen molar-refractivity contribution in [2.24, 2.45) is 35.5 Å². The molecule has 0 saturated carbocycles. The molecule has 0 radical (unpaired) electrons. The second-order valence-electron chi connectivity index (χ2n) is 13.4. The molecule has 0 amide bonds. The predicted molar refractivity (Wildman–Crippen MR) is 168 cm³/mol. The van der Waals surface area contributed by atoms with Crippen molar-refractivity contribution >= 4 is 0 Å². The van der Waals surface area contributed by atoms with Gasteiger partial charge in [-0.3, -0.25) is 0 Å². The van der Waals surface area contributed by atoms with Gasteiger partial charge in [-0.15, -0.1) is 0 Å². The third kappa shape index (κ3) is 53.0. The lowest BCUT2D eigenvalue weighted by atomic mass is 10.1. The summed E-state index contributed by atoms with van der Waals surface area (Å²) < 4.78 is 16.5. The van der Waals surface area contributed by atoms with Gasteiger partial charge in [0, 0.05) is 39.6 Å². The van der Waals surface area contributed by atoms with Gasteiger partial charge in [-0.1, -0.05) is 122 Å².